The summed E-state index contributed by atoms with van der Waals surface area (Å²) in [5.41, 5.74) is 0. The molecule has 0 aromatic heterocycles. The maximum absolute atomic E-state index is 11.8. The predicted molar refractivity (Wildman–Crippen MR) is 55.0 cm³/mol. The van der Waals surface area contributed by atoms with Crippen LogP contribution in [0.15, 0.2) is 0 Å². The lowest BCUT2D eigenvalue weighted by Crippen LogP contribution is -2.46. The molecule has 0 aromatic rings. The molecule has 1 fully saturated rings. The van der Waals surface area contributed by atoms with Crippen LogP contribution in [0, 0.1) is 0 Å². The van der Waals surface area contributed by atoms with Crippen LogP contribution in [-0.2, 0) is 4.79 Å². The molecule has 0 spiro atoms. The molecule has 1 amide bonds. The Morgan fingerprint density at radius 3 is 3.07 bits per heavy atom. The monoisotopic (exact) mass is 200 g/mol. The van der Waals surface area contributed by atoms with Crippen molar-refractivity contribution < 1.29 is 9.90 Å². The lowest BCUT2D eigenvalue weighted by molar-refractivity contribution is -0.133. The third-order valence-corrected chi connectivity index (χ3v) is 2.57. The molecule has 0 saturated carbocycles. The largest absolute Gasteiger partial charge is 0.394 e. The summed E-state index contributed by atoms with van der Waals surface area (Å²) in [6, 6.07) is -0.380. The first kappa shape index (κ1) is 11.5. The van der Waals surface area contributed by atoms with E-state index in [2.05, 4.69) is 12.2 Å². The van der Waals surface area contributed by atoms with Gasteiger partial charge in [0.1, 0.15) is 6.04 Å². The molecule has 0 aliphatic carbocycles. The molecule has 0 bridgehead atoms. The van der Waals surface area contributed by atoms with E-state index in [1.165, 1.54) is 0 Å². The third-order valence-electron chi connectivity index (χ3n) is 2.57. The highest BCUT2D eigenvalue weighted by atomic mass is 16.3. The molecule has 1 atom stereocenters. The quantitative estimate of drug-likeness (QED) is 0.670. The molecule has 1 heterocycles. The number of amides is 1. The number of rotatable bonds is 4. The van der Waals surface area contributed by atoms with Crippen LogP contribution in [0.3, 0.4) is 0 Å². The molecule has 14 heavy (non-hydrogen) atoms. The highest BCUT2D eigenvalue weighted by Gasteiger charge is 2.24. The van der Waals surface area contributed by atoms with Gasteiger partial charge in [-0.05, 0) is 19.4 Å². The molecule has 82 valence electrons. The third kappa shape index (κ3) is 2.96. The van der Waals surface area contributed by atoms with E-state index in [9.17, 15) is 4.79 Å². The Morgan fingerprint density at radius 1 is 1.64 bits per heavy atom. The average molecular weight is 200 g/mol. The minimum atomic E-state index is -0.380. The van der Waals surface area contributed by atoms with Crippen LogP contribution in [0.25, 0.3) is 0 Å². The zero-order valence-corrected chi connectivity index (χ0v) is 8.83. The molecule has 2 N–H and O–H groups in total. The van der Waals surface area contributed by atoms with Crippen molar-refractivity contribution in [1.82, 2.24) is 10.2 Å². The number of aliphatic hydroxyl groups excluding tert-OH is 1. The Balaban J connectivity index is 2.49. The molecule has 4 nitrogen and oxygen atoms in total. The van der Waals surface area contributed by atoms with Gasteiger partial charge in [0.05, 0.1) is 6.61 Å². The van der Waals surface area contributed by atoms with Crippen molar-refractivity contribution in [3.8, 4) is 0 Å². The molecular formula is C10H20N2O2. The second-order valence-electron chi connectivity index (χ2n) is 3.72. The number of carbonyl (C=O) groups excluding carboxylic acids is 1. The van der Waals surface area contributed by atoms with E-state index in [1.807, 2.05) is 4.90 Å². The van der Waals surface area contributed by atoms with E-state index in [0.29, 0.717) is 0 Å². The van der Waals surface area contributed by atoms with Crippen LogP contribution in [0.1, 0.15) is 26.2 Å². The van der Waals surface area contributed by atoms with E-state index < -0.39 is 0 Å². The smallest absolute Gasteiger partial charge is 0.242 e. The first-order valence-electron chi connectivity index (χ1n) is 5.42. The van der Waals surface area contributed by atoms with Gasteiger partial charge in [-0.3, -0.25) is 4.79 Å². The van der Waals surface area contributed by atoms with Crippen LogP contribution in [0.5, 0.6) is 0 Å². The maximum Gasteiger partial charge on any atom is 0.242 e. The van der Waals surface area contributed by atoms with Crippen LogP contribution in [-0.4, -0.2) is 48.2 Å². The highest BCUT2D eigenvalue weighted by Crippen LogP contribution is 2.04. The summed E-state index contributed by atoms with van der Waals surface area (Å²) in [5.74, 6) is 0.0541. The number of hydrogen-bond acceptors (Lipinski definition) is 3. The summed E-state index contributed by atoms with van der Waals surface area (Å²) in [7, 11) is 0. The summed E-state index contributed by atoms with van der Waals surface area (Å²) in [4.78, 5) is 13.7. The zero-order chi connectivity index (χ0) is 10.4. The molecule has 0 radical (unpaired) electrons. The van der Waals surface area contributed by atoms with E-state index >= 15 is 0 Å². The van der Waals surface area contributed by atoms with Crippen LogP contribution in [0.4, 0.5) is 0 Å². The van der Waals surface area contributed by atoms with Crippen molar-refractivity contribution >= 4 is 5.91 Å². The second-order valence-corrected chi connectivity index (χ2v) is 3.72. The van der Waals surface area contributed by atoms with Crippen molar-refractivity contribution in [3.05, 3.63) is 0 Å². The predicted octanol–water partition coefficient (Wildman–Crippen LogP) is -0.0307. The van der Waals surface area contributed by atoms with Crippen molar-refractivity contribution in [2.75, 3.05) is 26.2 Å². The SMILES string of the molecule is CCCCN1CCCNC(CO)C1=O. The number of aliphatic hydroxyl groups is 1. The topological polar surface area (TPSA) is 52.6 Å². The fraction of sp³-hybridized carbons (Fsp3) is 0.900. The fourth-order valence-corrected chi connectivity index (χ4v) is 1.68. The van der Waals surface area contributed by atoms with Crippen molar-refractivity contribution in [2.45, 2.75) is 32.2 Å². The first-order chi connectivity index (χ1) is 6.79. The molecule has 1 rings (SSSR count). The van der Waals surface area contributed by atoms with Gasteiger partial charge in [-0.25, -0.2) is 0 Å². The number of unbranched alkanes of at least 4 members (excludes halogenated alkanes) is 1. The summed E-state index contributed by atoms with van der Waals surface area (Å²) < 4.78 is 0. The summed E-state index contributed by atoms with van der Waals surface area (Å²) in [6.07, 6.45) is 3.12. The minimum Gasteiger partial charge on any atom is -0.394 e. The summed E-state index contributed by atoms with van der Waals surface area (Å²) in [6.45, 7) is 4.49. The van der Waals surface area contributed by atoms with Crippen molar-refractivity contribution in [2.24, 2.45) is 0 Å². The lowest BCUT2D eigenvalue weighted by Gasteiger charge is -2.23. The Hall–Kier alpha value is -0.610. The fourth-order valence-electron chi connectivity index (χ4n) is 1.68. The van der Waals surface area contributed by atoms with Gasteiger partial charge in [0.25, 0.3) is 0 Å². The first-order valence-corrected chi connectivity index (χ1v) is 5.42. The number of hydrogen-bond donors (Lipinski definition) is 2. The molecule has 1 saturated heterocycles. The Kier molecular flexibility index (Phi) is 4.90. The molecule has 0 aromatic carbocycles. The molecular weight excluding hydrogens is 180 g/mol. The number of nitrogens with one attached hydrogen (secondary N) is 1. The lowest BCUT2D eigenvalue weighted by atomic mass is 10.2. The van der Waals surface area contributed by atoms with Crippen molar-refractivity contribution in [3.63, 3.8) is 0 Å². The molecule has 1 unspecified atom stereocenters. The van der Waals surface area contributed by atoms with Gasteiger partial charge < -0.3 is 15.3 Å². The van der Waals surface area contributed by atoms with E-state index in [-0.39, 0.29) is 18.6 Å². The van der Waals surface area contributed by atoms with E-state index in [1.54, 1.807) is 0 Å². The Morgan fingerprint density at radius 2 is 2.43 bits per heavy atom. The summed E-state index contributed by atoms with van der Waals surface area (Å²) in [5, 5.41) is 12.1. The van der Waals surface area contributed by atoms with Gasteiger partial charge >= 0.3 is 0 Å². The van der Waals surface area contributed by atoms with Crippen LogP contribution >= 0.6 is 0 Å². The maximum atomic E-state index is 11.8. The number of nitrogens with zero attached hydrogens (tertiary/aromatic N) is 1. The summed E-state index contributed by atoms with van der Waals surface area (Å²) >= 11 is 0. The van der Waals surface area contributed by atoms with Gasteiger partial charge in [-0.2, -0.15) is 0 Å². The minimum absolute atomic E-state index is 0.0541. The van der Waals surface area contributed by atoms with Gasteiger partial charge in [-0.1, -0.05) is 13.3 Å². The normalized spacial score (nSPS) is 23.7. The average Bonchev–Trinajstić information content (AvgIpc) is 2.38. The zero-order valence-electron chi connectivity index (χ0n) is 8.83. The molecule has 1 aliphatic heterocycles. The standard InChI is InChI=1S/C10H20N2O2/c1-2-3-6-12-7-4-5-11-9(8-13)10(12)14/h9,11,13H,2-8H2,1H3. The Labute approximate surface area is 85.3 Å². The van der Waals surface area contributed by atoms with E-state index in [4.69, 9.17) is 5.11 Å². The highest BCUT2D eigenvalue weighted by molar-refractivity contribution is 5.82. The van der Waals surface area contributed by atoms with Crippen molar-refractivity contribution in [1.29, 1.82) is 0 Å². The van der Waals surface area contributed by atoms with Gasteiger partial charge in [0.15, 0.2) is 0 Å². The Bertz CT molecular complexity index is 185. The molecule has 4 heteroatoms. The van der Waals surface area contributed by atoms with Crippen LogP contribution in [0.2, 0.25) is 0 Å². The number of carbonyl (C=O) groups is 1. The van der Waals surface area contributed by atoms with E-state index in [0.717, 1.165) is 38.9 Å². The van der Waals surface area contributed by atoms with Gasteiger partial charge in [-0.15, -0.1) is 0 Å². The van der Waals surface area contributed by atoms with Gasteiger partial charge in [0.2, 0.25) is 5.91 Å². The second kappa shape index (κ2) is 5.98. The molecule has 1 aliphatic rings. The van der Waals surface area contributed by atoms with Crippen LogP contribution < -0.4 is 5.32 Å². The van der Waals surface area contributed by atoms with Gasteiger partial charge in [0, 0.05) is 13.1 Å².